The van der Waals surface area contributed by atoms with E-state index in [1.54, 1.807) is 23.9 Å². The molecule has 2 N–H and O–H groups in total. The second kappa shape index (κ2) is 5.58. The van der Waals surface area contributed by atoms with E-state index in [9.17, 15) is 0 Å². The van der Waals surface area contributed by atoms with E-state index in [4.69, 9.17) is 0 Å². The lowest BCUT2D eigenvalue weighted by Crippen LogP contribution is -2.07. The van der Waals surface area contributed by atoms with Crippen LogP contribution < -0.4 is 10.6 Å². The van der Waals surface area contributed by atoms with Gasteiger partial charge in [0, 0.05) is 24.2 Å². The summed E-state index contributed by atoms with van der Waals surface area (Å²) >= 11 is 1.63. The molecule has 0 aliphatic carbocycles. The van der Waals surface area contributed by atoms with Crippen molar-refractivity contribution >= 4 is 23.0 Å². The van der Waals surface area contributed by atoms with Crippen molar-refractivity contribution in [2.24, 2.45) is 0 Å². The van der Waals surface area contributed by atoms with Gasteiger partial charge in [-0.05, 0) is 6.42 Å². The molecule has 17 heavy (non-hydrogen) atoms. The molecule has 0 aromatic carbocycles. The first-order valence-corrected chi connectivity index (χ1v) is 6.37. The van der Waals surface area contributed by atoms with Crippen molar-refractivity contribution in [2.45, 2.75) is 19.9 Å². The van der Waals surface area contributed by atoms with Crippen LogP contribution in [-0.4, -0.2) is 22.0 Å². The first kappa shape index (κ1) is 11.8. The van der Waals surface area contributed by atoms with Gasteiger partial charge >= 0.3 is 0 Å². The number of rotatable bonds is 5. The molecule has 0 spiro atoms. The molecule has 2 aromatic rings. The summed E-state index contributed by atoms with van der Waals surface area (Å²) in [4.78, 5) is 12.7. The monoisotopic (exact) mass is 249 g/mol. The summed E-state index contributed by atoms with van der Waals surface area (Å²) in [6, 6.07) is 0. The Balaban J connectivity index is 2.14. The third-order valence-electron chi connectivity index (χ3n) is 2.43. The van der Waals surface area contributed by atoms with Gasteiger partial charge in [-0.1, -0.05) is 6.92 Å². The molecule has 0 saturated carbocycles. The minimum absolute atomic E-state index is 0.699. The minimum Gasteiger partial charge on any atom is -0.373 e. The van der Waals surface area contributed by atoms with Crippen molar-refractivity contribution in [1.29, 1.82) is 0 Å². The van der Waals surface area contributed by atoms with Crippen LogP contribution in [0.3, 0.4) is 0 Å². The van der Waals surface area contributed by atoms with Crippen molar-refractivity contribution in [1.82, 2.24) is 15.0 Å². The Kier molecular flexibility index (Phi) is 3.87. The SMILES string of the molecule is CCc1c(NC)ncnc1NCc1nccs1. The highest BCUT2D eigenvalue weighted by atomic mass is 32.1. The van der Waals surface area contributed by atoms with E-state index >= 15 is 0 Å². The second-order valence-corrected chi connectivity index (χ2v) is 4.41. The van der Waals surface area contributed by atoms with Gasteiger partial charge in [-0.15, -0.1) is 11.3 Å². The smallest absolute Gasteiger partial charge is 0.135 e. The summed E-state index contributed by atoms with van der Waals surface area (Å²) in [6.45, 7) is 2.79. The van der Waals surface area contributed by atoms with Gasteiger partial charge in [0.1, 0.15) is 23.0 Å². The molecular weight excluding hydrogens is 234 g/mol. The summed E-state index contributed by atoms with van der Waals surface area (Å²) in [5.74, 6) is 1.76. The van der Waals surface area contributed by atoms with Gasteiger partial charge in [0.25, 0.3) is 0 Å². The van der Waals surface area contributed by atoms with Crippen LogP contribution in [0.15, 0.2) is 17.9 Å². The summed E-state index contributed by atoms with van der Waals surface area (Å²) in [5, 5.41) is 9.40. The molecule has 0 aliphatic rings. The van der Waals surface area contributed by atoms with E-state index in [2.05, 4.69) is 32.5 Å². The van der Waals surface area contributed by atoms with Crippen molar-refractivity contribution in [3.8, 4) is 0 Å². The largest absolute Gasteiger partial charge is 0.373 e. The number of thiazole rings is 1. The molecule has 0 saturated heterocycles. The summed E-state index contributed by atoms with van der Waals surface area (Å²) < 4.78 is 0. The molecule has 2 aromatic heterocycles. The molecular formula is C11H15N5S. The highest BCUT2D eigenvalue weighted by molar-refractivity contribution is 7.09. The predicted octanol–water partition coefficient (Wildman–Crippen LogP) is 2.15. The zero-order valence-electron chi connectivity index (χ0n) is 9.90. The van der Waals surface area contributed by atoms with Crippen molar-refractivity contribution in [2.75, 3.05) is 17.7 Å². The second-order valence-electron chi connectivity index (χ2n) is 3.43. The van der Waals surface area contributed by atoms with Crippen LogP contribution in [0.25, 0.3) is 0 Å². The highest BCUT2D eigenvalue weighted by Crippen LogP contribution is 2.20. The van der Waals surface area contributed by atoms with E-state index in [-0.39, 0.29) is 0 Å². The van der Waals surface area contributed by atoms with Gasteiger partial charge in [0.05, 0.1) is 6.54 Å². The van der Waals surface area contributed by atoms with Crippen molar-refractivity contribution in [3.05, 3.63) is 28.5 Å². The first-order valence-electron chi connectivity index (χ1n) is 5.49. The van der Waals surface area contributed by atoms with Crippen LogP contribution >= 0.6 is 11.3 Å². The molecule has 2 rings (SSSR count). The lowest BCUT2D eigenvalue weighted by atomic mass is 10.2. The molecule has 5 nitrogen and oxygen atoms in total. The molecule has 0 atom stereocenters. The Labute approximate surface area is 104 Å². The normalized spacial score (nSPS) is 10.2. The summed E-state index contributed by atoms with van der Waals surface area (Å²) in [6.07, 6.45) is 4.26. The average molecular weight is 249 g/mol. The Morgan fingerprint density at radius 2 is 2.06 bits per heavy atom. The number of hydrogen-bond donors (Lipinski definition) is 2. The Hall–Kier alpha value is -1.69. The maximum absolute atomic E-state index is 4.27. The Bertz CT molecular complexity index is 469. The lowest BCUT2D eigenvalue weighted by Gasteiger charge is -2.11. The Morgan fingerprint density at radius 3 is 2.71 bits per heavy atom. The molecule has 90 valence electrons. The predicted molar refractivity (Wildman–Crippen MR) is 70.4 cm³/mol. The zero-order valence-corrected chi connectivity index (χ0v) is 10.7. The molecule has 0 unspecified atom stereocenters. The summed E-state index contributed by atoms with van der Waals surface area (Å²) in [5.41, 5.74) is 1.10. The highest BCUT2D eigenvalue weighted by Gasteiger charge is 2.08. The first-order chi connectivity index (χ1) is 8.35. The van der Waals surface area contributed by atoms with E-state index in [0.717, 1.165) is 28.6 Å². The number of hydrogen-bond acceptors (Lipinski definition) is 6. The van der Waals surface area contributed by atoms with Gasteiger partial charge in [-0.2, -0.15) is 0 Å². The fourth-order valence-electron chi connectivity index (χ4n) is 1.61. The van der Waals surface area contributed by atoms with Crippen LogP contribution in [0.4, 0.5) is 11.6 Å². The molecule has 0 radical (unpaired) electrons. The minimum atomic E-state index is 0.699. The number of anilines is 2. The molecule has 0 bridgehead atoms. The number of nitrogens with zero attached hydrogens (tertiary/aromatic N) is 3. The third kappa shape index (κ3) is 2.71. The molecule has 0 aliphatic heterocycles. The van der Waals surface area contributed by atoms with Gasteiger partial charge < -0.3 is 10.6 Å². The Morgan fingerprint density at radius 1 is 1.24 bits per heavy atom. The fourth-order valence-corrected chi connectivity index (χ4v) is 2.17. The molecule has 0 amide bonds. The maximum Gasteiger partial charge on any atom is 0.135 e. The average Bonchev–Trinajstić information content (AvgIpc) is 2.88. The number of aromatic nitrogens is 3. The molecule has 0 fully saturated rings. The van der Waals surface area contributed by atoms with Crippen molar-refractivity contribution in [3.63, 3.8) is 0 Å². The van der Waals surface area contributed by atoms with Crippen molar-refractivity contribution < 1.29 is 0 Å². The van der Waals surface area contributed by atoms with E-state index in [1.807, 2.05) is 12.4 Å². The zero-order chi connectivity index (χ0) is 12.1. The quantitative estimate of drug-likeness (QED) is 0.850. The van der Waals surface area contributed by atoms with E-state index < -0.39 is 0 Å². The third-order valence-corrected chi connectivity index (χ3v) is 3.21. The van der Waals surface area contributed by atoms with Crippen LogP contribution in [0.1, 0.15) is 17.5 Å². The summed E-state index contributed by atoms with van der Waals surface area (Å²) in [7, 11) is 1.87. The van der Waals surface area contributed by atoms with Crippen LogP contribution in [-0.2, 0) is 13.0 Å². The standard InChI is InChI=1S/C11H15N5S/c1-3-8-10(12-2)15-7-16-11(8)14-6-9-13-4-5-17-9/h4-5,7H,3,6H2,1-2H3,(H2,12,14,15,16). The van der Waals surface area contributed by atoms with E-state index in [1.165, 1.54) is 0 Å². The topological polar surface area (TPSA) is 62.7 Å². The number of nitrogens with one attached hydrogen (secondary N) is 2. The van der Waals surface area contributed by atoms with Crippen LogP contribution in [0.2, 0.25) is 0 Å². The van der Waals surface area contributed by atoms with E-state index in [0.29, 0.717) is 6.54 Å². The van der Waals surface area contributed by atoms with Gasteiger partial charge in [0.15, 0.2) is 0 Å². The molecule has 6 heteroatoms. The van der Waals surface area contributed by atoms with Gasteiger partial charge in [-0.25, -0.2) is 15.0 Å². The van der Waals surface area contributed by atoms with Gasteiger partial charge in [-0.3, -0.25) is 0 Å². The van der Waals surface area contributed by atoms with Crippen LogP contribution in [0, 0.1) is 0 Å². The fraction of sp³-hybridized carbons (Fsp3) is 0.364. The molecule has 2 heterocycles. The van der Waals surface area contributed by atoms with Crippen LogP contribution in [0.5, 0.6) is 0 Å². The van der Waals surface area contributed by atoms with Gasteiger partial charge in [0.2, 0.25) is 0 Å². The maximum atomic E-state index is 4.27. The lowest BCUT2D eigenvalue weighted by molar-refractivity contribution is 1.00.